The summed E-state index contributed by atoms with van der Waals surface area (Å²) in [5, 5.41) is 16.8. The first-order chi connectivity index (χ1) is 35.2. The first kappa shape index (κ1) is 60.2. The van der Waals surface area contributed by atoms with Gasteiger partial charge < -0.3 is 30.4 Å². The van der Waals surface area contributed by atoms with Crippen molar-refractivity contribution in [2.45, 2.75) is 105 Å². The smallest absolute Gasteiger partial charge is 0.578 e. The third-order valence-corrected chi connectivity index (χ3v) is 12.3. The minimum atomic E-state index is 0. The molecule has 4 aromatic heterocycles. The number of benzene rings is 6. The van der Waals surface area contributed by atoms with Gasteiger partial charge in [-0.2, -0.15) is 0 Å². The predicted octanol–water partition coefficient (Wildman–Crippen LogP) is 17.0. The van der Waals surface area contributed by atoms with Crippen LogP contribution >= 0.6 is 0 Å². The van der Waals surface area contributed by atoms with Crippen LogP contribution in [0.1, 0.15) is 106 Å². The molecule has 0 fully saturated rings. The van der Waals surface area contributed by atoms with Crippen LogP contribution in [0.15, 0.2) is 207 Å². The zero-order valence-electron chi connectivity index (χ0n) is 45.9. The number of rotatable bonds is 6. The van der Waals surface area contributed by atoms with Crippen LogP contribution < -0.4 is 10.2 Å². The average Bonchev–Trinajstić information content (AvgIpc) is 4.15. The second-order valence-corrected chi connectivity index (χ2v) is 22.5. The molecular formula is C68H70N6Pd2. The quantitative estimate of drug-likeness (QED) is 0.122. The Bertz CT molecular complexity index is 2860. The van der Waals surface area contributed by atoms with Crippen LogP contribution in [0.4, 0.5) is 0 Å². The van der Waals surface area contributed by atoms with E-state index in [9.17, 15) is 0 Å². The van der Waals surface area contributed by atoms with E-state index in [2.05, 4.69) is 271 Å². The second-order valence-electron chi connectivity index (χ2n) is 22.5. The Kier molecular flexibility index (Phi) is 21.3. The van der Waals surface area contributed by atoms with Crippen molar-refractivity contribution < 1.29 is 40.8 Å². The predicted molar refractivity (Wildman–Crippen MR) is 309 cm³/mol. The zero-order chi connectivity index (χ0) is 52.9. The molecule has 392 valence electrons. The summed E-state index contributed by atoms with van der Waals surface area (Å²) in [6.45, 7) is 25.9. The molecule has 0 atom stereocenters. The fraction of sp³-hybridized carbons (Fsp3) is 0.235. The average molecular weight is 1180 g/mol. The summed E-state index contributed by atoms with van der Waals surface area (Å²) in [5.74, 6) is 0. The van der Waals surface area contributed by atoms with Crippen LogP contribution in [0, 0.1) is 12.1 Å². The van der Waals surface area contributed by atoms with Gasteiger partial charge in [0.15, 0.2) is 0 Å². The molecule has 4 heterocycles. The number of pyridine rings is 2. The van der Waals surface area contributed by atoms with Crippen molar-refractivity contribution >= 4 is 0 Å². The summed E-state index contributed by atoms with van der Waals surface area (Å²) in [4.78, 5) is 9.08. The van der Waals surface area contributed by atoms with Gasteiger partial charge in [-0.3, -0.25) is 0 Å². The van der Waals surface area contributed by atoms with Gasteiger partial charge in [0.1, 0.15) is 0 Å². The molecule has 0 radical (unpaired) electrons. The summed E-state index contributed by atoms with van der Waals surface area (Å²) < 4.78 is 0. The van der Waals surface area contributed by atoms with Gasteiger partial charge >= 0.3 is 40.8 Å². The van der Waals surface area contributed by atoms with Gasteiger partial charge in [0, 0.05) is 34.6 Å². The Balaban J connectivity index is 0.000000193. The van der Waals surface area contributed by atoms with E-state index in [1.165, 1.54) is 44.5 Å². The van der Waals surface area contributed by atoms with Crippen LogP contribution in [0.2, 0.25) is 0 Å². The number of nitrogens with zero attached hydrogens (tertiary/aromatic N) is 6. The molecule has 0 bridgehead atoms. The third kappa shape index (κ3) is 17.2. The van der Waals surface area contributed by atoms with Crippen LogP contribution in [-0.4, -0.2) is 20.2 Å². The molecule has 6 nitrogen and oxygen atoms in total. The van der Waals surface area contributed by atoms with Gasteiger partial charge in [0.2, 0.25) is 0 Å². The number of hydrogen-bond donors (Lipinski definition) is 0. The number of aromatic nitrogens is 6. The van der Waals surface area contributed by atoms with E-state index in [0.29, 0.717) is 0 Å². The summed E-state index contributed by atoms with van der Waals surface area (Å²) in [6, 6.07) is 73.0. The Morgan fingerprint density at radius 1 is 0.316 bits per heavy atom. The Labute approximate surface area is 481 Å². The molecule has 0 amide bonds. The van der Waals surface area contributed by atoms with E-state index in [1.807, 2.05) is 60.9 Å². The maximum atomic E-state index is 4.54. The SMILES string of the molecule is CC(C)(C)c1cc(C(C)(C)C)[n-]n1.CC(C)(C)c1cc(C(C)(C)C)[n-]n1.[Pd+2].[Pd+2].[c-]1ccc(-c2ccccc2)cc1-c1cc(-c2ccccc2)ccn1.[c-]1ccc(-c2ccccc2)cc1-c1cc(-c2ccccc2)ccn1. The van der Waals surface area contributed by atoms with Gasteiger partial charge in [-0.15, -0.1) is 82.2 Å². The van der Waals surface area contributed by atoms with E-state index in [0.717, 1.165) is 45.3 Å². The normalized spacial score (nSPS) is 11.2. The minimum absolute atomic E-state index is 0. The van der Waals surface area contributed by atoms with E-state index in [4.69, 9.17) is 0 Å². The van der Waals surface area contributed by atoms with Crippen molar-refractivity contribution in [3.05, 3.63) is 241 Å². The molecule has 0 N–H and O–H groups in total. The van der Waals surface area contributed by atoms with E-state index in [1.54, 1.807) is 0 Å². The topological polar surface area (TPSA) is 79.8 Å². The fourth-order valence-electron chi connectivity index (χ4n) is 7.68. The molecule has 0 unspecified atom stereocenters. The van der Waals surface area contributed by atoms with Crippen LogP contribution in [-0.2, 0) is 62.5 Å². The molecule has 6 aromatic carbocycles. The molecule has 0 spiro atoms. The van der Waals surface area contributed by atoms with Gasteiger partial charge in [-0.1, -0.05) is 229 Å². The molecule has 0 aliphatic heterocycles. The van der Waals surface area contributed by atoms with E-state index < -0.39 is 0 Å². The maximum Gasteiger partial charge on any atom is 2.00 e. The maximum absolute atomic E-state index is 4.54. The molecule has 76 heavy (non-hydrogen) atoms. The molecule has 0 saturated carbocycles. The monoisotopic (exact) mass is 1180 g/mol. The first-order valence-electron chi connectivity index (χ1n) is 25.4. The van der Waals surface area contributed by atoms with Crippen molar-refractivity contribution in [2.24, 2.45) is 0 Å². The van der Waals surface area contributed by atoms with Crippen LogP contribution in [0.25, 0.3) is 67.0 Å². The summed E-state index contributed by atoms with van der Waals surface area (Å²) in [6.07, 6.45) is 3.72. The van der Waals surface area contributed by atoms with Gasteiger partial charge in [0.05, 0.1) is 0 Å². The molecule has 0 aliphatic rings. The molecule has 10 rings (SSSR count). The molecule has 10 aromatic rings. The Hall–Kier alpha value is -6.64. The fourth-order valence-corrected chi connectivity index (χ4v) is 7.68. The minimum Gasteiger partial charge on any atom is -0.578 e. The number of hydrogen-bond acceptors (Lipinski definition) is 4. The van der Waals surface area contributed by atoms with Gasteiger partial charge in [-0.05, 0) is 67.7 Å². The van der Waals surface area contributed by atoms with Crippen LogP contribution in [0.5, 0.6) is 0 Å². The van der Waals surface area contributed by atoms with Crippen molar-refractivity contribution in [3.63, 3.8) is 0 Å². The molecule has 0 aliphatic carbocycles. The van der Waals surface area contributed by atoms with Crippen molar-refractivity contribution in [3.8, 4) is 67.0 Å². The first-order valence-corrected chi connectivity index (χ1v) is 25.4. The standard InChI is InChI=1S/2C23H16N.2C11H19N2.2Pd/c2*1-3-8-18(9-4-1)20-12-7-13-22(16-20)23-17-21(14-15-24-23)19-10-5-2-6-11-19;2*1-10(2,3)8-7-9(13-12-8)11(4,5)6;;/h2*1-12,14-17H;2*7H,1-6H3;;/q4*-1;2*+2. The van der Waals surface area contributed by atoms with Gasteiger partial charge in [0.25, 0.3) is 0 Å². The van der Waals surface area contributed by atoms with E-state index >= 15 is 0 Å². The largest absolute Gasteiger partial charge is 2.00 e. The van der Waals surface area contributed by atoms with Crippen molar-refractivity contribution in [2.75, 3.05) is 0 Å². The van der Waals surface area contributed by atoms with Crippen molar-refractivity contribution in [1.29, 1.82) is 0 Å². The van der Waals surface area contributed by atoms with Gasteiger partial charge in [-0.25, -0.2) is 0 Å². The summed E-state index contributed by atoms with van der Waals surface area (Å²) in [5.41, 5.74) is 18.1. The molecular weight excluding hydrogens is 1110 g/mol. The van der Waals surface area contributed by atoms with Crippen LogP contribution in [0.3, 0.4) is 0 Å². The zero-order valence-corrected chi connectivity index (χ0v) is 49.1. The Morgan fingerprint density at radius 3 is 0.855 bits per heavy atom. The summed E-state index contributed by atoms with van der Waals surface area (Å²) >= 11 is 0. The Morgan fingerprint density at radius 2 is 0.605 bits per heavy atom. The third-order valence-electron chi connectivity index (χ3n) is 12.3. The summed E-state index contributed by atoms with van der Waals surface area (Å²) in [7, 11) is 0. The van der Waals surface area contributed by atoms with E-state index in [-0.39, 0.29) is 62.5 Å². The van der Waals surface area contributed by atoms with Crippen molar-refractivity contribution in [1.82, 2.24) is 30.4 Å². The second kappa shape index (κ2) is 26.9. The molecule has 0 saturated heterocycles. The molecule has 8 heteroatoms.